The predicted octanol–water partition coefficient (Wildman–Crippen LogP) is 2.19. The number of fused-ring (bicyclic) bond motifs is 1. The van der Waals surface area contributed by atoms with Gasteiger partial charge in [0.05, 0.1) is 22.2 Å². The highest BCUT2D eigenvalue weighted by atomic mass is 35.5. The highest BCUT2D eigenvalue weighted by Gasteiger charge is 2.44. The van der Waals surface area contributed by atoms with Crippen molar-refractivity contribution >= 4 is 29.3 Å². The highest BCUT2D eigenvalue weighted by molar-refractivity contribution is 6.37. The van der Waals surface area contributed by atoms with Crippen molar-refractivity contribution in [1.29, 1.82) is 0 Å². The van der Waals surface area contributed by atoms with Crippen LogP contribution in [-0.2, 0) is 4.79 Å². The van der Waals surface area contributed by atoms with Gasteiger partial charge in [0.25, 0.3) is 11.8 Å². The molecule has 1 fully saturated rings. The lowest BCUT2D eigenvalue weighted by Gasteiger charge is -2.23. The first kappa shape index (κ1) is 15.0. The first-order valence-corrected chi connectivity index (χ1v) is 7.74. The van der Waals surface area contributed by atoms with Crippen LogP contribution in [0.5, 0.6) is 0 Å². The first-order valence-electron chi connectivity index (χ1n) is 7.37. The summed E-state index contributed by atoms with van der Waals surface area (Å²) in [5, 5.41) is 0.298. The van der Waals surface area contributed by atoms with Crippen molar-refractivity contribution in [2.75, 3.05) is 13.1 Å². The number of nitrogens with zero attached hydrogens (tertiary/aromatic N) is 2. The Hall–Kier alpha value is -1.88. The molecule has 22 heavy (non-hydrogen) atoms. The molecule has 2 aliphatic rings. The summed E-state index contributed by atoms with van der Waals surface area (Å²) in [4.78, 5) is 40.1. The zero-order chi connectivity index (χ0) is 16.0. The number of imide groups is 1. The molecule has 0 aliphatic carbocycles. The monoisotopic (exact) mass is 320 g/mol. The van der Waals surface area contributed by atoms with Gasteiger partial charge in [-0.3, -0.25) is 19.3 Å². The molecule has 1 aromatic rings. The summed E-state index contributed by atoms with van der Waals surface area (Å²) in [6.45, 7) is 4.66. The molecule has 1 aromatic carbocycles. The van der Waals surface area contributed by atoms with E-state index in [1.54, 1.807) is 23.1 Å². The SMILES string of the molecule is CC(C)C(=O)N1CCC(N2C(=O)c3cccc(Cl)c3C2=O)C1. The summed E-state index contributed by atoms with van der Waals surface area (Å²) in [5.74, 6) is -0.701. The molecule has 2 aliphatic heterocycles. The van der Waals surface area contributed by atoms with E-state index in [2.05, 4.69) is 0 Å². The Bertz CT molecular complexity index is 671. The minimum atomic E-state index is -0.352. The molecule has 0 saturated carbocycles. The number of hydrogen-bond acceptors (Lipinski definition) is 3. The van der Waals surface area contributed by atoms with Gasteiger partial charge < -0.3 is 4.90 Å². The summed E-state index contributed by atoms with van der Waals surface area (Å²) in [5.41, 5.74) is 0.633. The van der Waals surface area contributed by atoms with E-state index in [1.807, 2.05) is 13.8 Å². The van der Waals surface area contributed by atoms with Crippen LogP contribution in [0.25, 0.3) is 0 Å². The fraction of sp³-hybridized carbons (Fsp3) is 0.438. The van der Waals surface area contributed by atoms with Gasteiger partial charge in [0.1, 0.15) is 0 Å². The Labute approximate surface area is 133 Å². The van der Waals surface area contributed by atoms with Crippen molar-refractivity contribution in [2.24, 2.45) is 5.92 Å². The van der Waals surface area contributed by atoms with Crippen LogP contribution >= 0.6 is 11.6 Å². The van der Waals surface area contributed by atoms with Crippen molar-refractivity contribution in [3.8, 4) is 0 Å². The van der Waals surface area contributed by atoms with Crippen LogP contribution in [0.4, 0.5) is 0 Å². The second kappa shape index (κ2) is 5.39. The van der Waals surface area contributed by atoms with Crippen LogP contribution in [0.15, 0.2) is 18.2 Å². The lowest BCUT2D eigenvalue weighted by Crippen LogP contribution is -2.42. The molecule has 2 heterocycles. The summed E-state index contributed by atoms with van der Waals surface area (Å²) in [6, 6.07) is 4.62. The van der Waals surface area contributed by atoms with Crippen LogP contribution < -0.4 is 0 Å². The van der Waals surface area contributed by atoms with Crippen molar-refractivity contribution in [3.63, 3.8) is 0 Å². The van der Waals surface area contributed by atoms with Gasteiger partial charge in [-0.15, -0.1) is 0 Å². The van der Waals surface area contributed by atoms with E-state index in [-0.39, 0.29) is 35.2 Å². The number of halogens is 1. The Morgan fingerprint density at radius 3 is 2.64 bits per heavy atom. The van der Waals surface area contributed by atoms with Crippen molar-refractivity contribution in [2.45, 2.75) is 26.3 Å². The van der Waals surface area contributed by atoms with Gasteiger partial charge in [-0.1, -0.05) is 31.5 Å². The van der Waals surface area contributed by atoms with Crippen molar-refractivity contribution < 1.29 is 14.4 Å². The van der Waals surface area contributed by atoms with E-state index in [9.17, 15) is 14.4 Å². The van der Waals surface area contributed by atoms with Gasteiger partial charge in [0, 0.05) is 19.0 Å². The van der Waals surface area contributed by atoms with Gasteiger partial charge in [0.2, 0.25) is 5.91 Å². The van der Waals surface area contributed by atoms with E-state index >= 15 is 0 Å². The molecular weight excluding hydrogens is 304 g/mol. The molecule has 0 bridgehead atoms. The average molecular weight is 321 g/mol. The maximum absolute atomic E-state index is 12.5. The molecule has 0 aromatic heterocycles. The number of carbonyl (C=O) groups excluding carboxylic acids is 3. The molecule has 6 heteroatoms. The Morgan fingerprint density at radius 1 is 1.27 bits per heavy atom. The third-order valence-corrected chi connectivity index (χ3v) is 4.54. The van der Waals surface area contributed by atoms with Gasteiger partial charge in [-0.2, -0.15) is 0 Å². The number of amides is 3. The summed E-state index contributed by atoms with van der Waals surface area (Å²) >= 11 is 6.06. The van der Waals surface area contributed by atoms with Crippen LogP contribution in [0, 0.1) is 5.92 Å². The lowest BCUT2D eigenvalue weighted by atomic mass is 10.1. The number of likely N-dealkylation sites (tertiary alicyclic amines) is 1. The molecule has 0 spiro atoms. The molecular formula is C16H17ClN2O3. The second-order valence-corrected chi connectivity index (χ2v) is 6.43. The standard InChI is InChI=1S/C16H17ClN2O3/c1-9(2)14(20)18-7-6-10(8-18)19-15(21)11-4-3-5-12(17)13(11)16(19)22/h3-5,9-10H,6-8H2,1-2H3. The molecule has 5 nitrogen and oxygen atoms in total. The van der Waals surface area contributed by atoms with E-state index in [0.29, 0.717) is 30.1 Å². The van der Waals surface area contributed by atoms with Gasteiger partial charge >= 0.3 is 0 Å². The Morgan fingerprint density at radius 2 is 2.00 bits per heavy atom. The van der Waals surface area contributed by atoms with Gasteiger partial charge in [-0.05, 0) is 18.6 Å². The van der Waals surface area contributed by atoms with Gasteiger partial charge in [-0.25, -0.2) is 0 Å². The summed E-state index contributed by atoms with van der Waals surface area (Å²) < 4.78 is 0. The molecule has 1 saturated heterocycles. The summed E-state index contributed by atoms with van der Waals surface area (Å²) in [7, 11) is 0. The lowest BCUT2D eigenvalue weighted by molar-refractivity contribution is -0.133. The number of benzene rings is 1. The minimum Gasteiger partial charge on any atom is -0.340 e. The van der Waals surface area contributed by atoms with Crippen molar-refractivity contribution in [3.05, 3.63) is 34.3 Å². The zero-order valence-electron chi connectivity index (χ0n) is 12.5. The highest BCUT2D eigenvalue weighted by Crippen LogP contribution is 2.32. The molecule has 3 rings (SSSR count). The van der Waals surface area contributed by atoms with E-state index in [4.69, 9.17) is 11.6 Å². The maximum atomic E-state index is 12.5. The summed E-state index contributed by atoms with van der Waals surface area (Å²) in [6.07, 6.45) is 0.613. The second-order valence-electron chi connectivity index (χ2n) is 6.02. The molecule has 116 valence electrons. The number of carbonyl (C=O) groups is 3. The molecule has 3 amide bonds. The number of hydrogen-bond donors (Lipinski definition) is 0. The van der Waals surface area contributed by atoms with Crippen LogP contribution in [-0.4, -0.2) is 46.7 Å². The van der Waals surface area contributed by atoms with Crippen molar-refractivity contribution in [1.82, 2.24) is 9.80 Å². The van der Waals surface area contributed by atoms with E-state index in [1.165, 1.54) is 4.90 Å². The zero-order valence-corrected chi connectivity index (χ0v) is 13.3. The normalized spacial score (nSPS) is 21.0. The average Bonchev–Trinajstić information content (AvgIpc) is 3.03. The molecule has 0 N–H and O–H groups in total. The first-order chi connectivity index (χ1) is 10.4. The van der Waals surface area contributed by atoms with Crippen LogP contribution in [0.2, 0.25) is 5.02 Å². The third kappa shape index (κ3) is 2.20. The predicted molar refractivity (Wildman–Crippen MR) is 81.8 cm³/mol. The molecule has 0 radical (unpaired) electrons. The number of rotatable bonds is 2. The molecule has 1 unspecified atom stereocenters. The largest absolute Gasteiger partial charge is 0.340 e. The van der Waals surface area contributed by atoms with E-state index in [0.717, 1.165) is 0 Å². The third-order valence-electron chi connectivity index (χ3n) is 4.23. The minimum absolute atomic E-state index is 0.0529. The maximum Gasteiger partial charge on any atom is 0.263 e. The Balaban J connectivity index is 1.84. The van der Waals surface area contributed by atoms with E-state index < -0.39 is 0 Å². The fourth-order valence-corrected chi connectivity index (χ4v) is 3.37. The molecule has 1 atom stereocenters. The smallest absolute Gasteiger partial charge is 0.263 e. The van der Waals surface area contributed by atoms with Crippen LogP contribution in [0.1, 0.15) is 41.0 Å². The Kier molecular flexibility index (Phi) is 3.68. The quantitative estimate of drug-likeness (QED) is 0.785. The van der Waals surface area contributed by atoms with Crippen LogP contribution in [0.3, 0.4) is 0 Å². The topological polar surface area (TPSA) is 57.7 Å². The van der Waals surface area contributed by atoms with Gasteiger partial charge in [0.15, 0.2) is 0 Å². The fourth-order valence-electron chi connectivity index (χ4n) is 3.11.